The predicted molar refractivity (Wildman–Crippen MR) is 65.6 cm³/mol. The predicted octanol–water partition coefficient (Wildman–Crippen LogP) is 2.70. The van der Waals surface area contributed by atoms with Gasteiger partial charge in [0.15, 0.2) is 5.79 Å². The van der Waals surface area contributed by atoms with Gasteiger partial charge in [0.05, 0.1) is 12.7 Å². The van der Waals surface area contributed by atoms with Crippen LogP contribution in [-0.4, -0.2) is 24.3 Å². The van der Waals surface area contributed by atoms with Crippen molar-refractivity contribution >= 4 is 5.78 Å². The SMILES string of the molecule is C=CCCCC(=O)[C@H]1C[C@@H]1[C@@H]1COC(C)(C)O1. The van der Waals surface area contributed by atoms with E-state index in [0.717, 1.165) is 19.3 Å². The van der Waals surface area contributed by atoms with E-state index >= 15 is 0 Å². The van der Waals surface area contributed by atoms with Gasteiger partial charge < -0.3 is 9.47 Å². The number of carbonyl (C=O) groups is 1. The molecule has 3 nitrogen and oxygen atoms in total. The van der Waals surface area contributed by atoms with Crippen molar-refractivity contribution in [3.63, 3.8) is 0 Å². The number of hydrogen-bond acceptors (Lipinski definition) is 3. The van der Waals surface area contributed by atoms with Gasteiger partial charge in [-0.2, -0.15) is 0 Å². The molecule has 0 spiro atoms. The normalized spacial score (nSPS) is 34.6. The summed E-state index contributed by atoms with van der Waals surface area (Å²) in [5.74, 6) is 0.546. The Labute approximate surface area is 103 Å². The third-order valence-corrected chi connectivity index (χ3v) is 3.59. The maximum atomic E-state index is 11.9. The first-order valence-corrected chi connectivity index (χ1v) is 6.49. The molecule has 1 aliphatic heterocycles. The lowest BCUT2D eigenvalue weighted by Gasteiger charge is -2.16. The number of Topliss-reactive ketones (excluding diaryl/α,β-unsaturated/α-hetero) is 1. The highest BCUT2D eigenvalue weighted by Gasteiger charge is 2.51. The Morgan fingerprint density at radius 1 is 1.53 bits per heavy atom. The van der Waals surface area contributed by atoms with E-state index in [2.05, 4.69) is 6.58 Å². The topological polar surface area (TPSA) is 35.5 Å². The van der Waals surface area contributed by atoms with Crippen molar-refractivity contribution in [1.29, 1.82) is 0 Å². The van der Waals surface area contributed by atoms with Crippen LogP contribution in [0.1, 0.15) is 39.5 Å². The molecule has 0 aromatic heterocycles. The van der Waals surface area contributed by atoms with E-state index in [9.17, 15) is 4.79 Å². The van der Waals surface area contributed by atoms with Crippen LogP contribution in [0, 0.1) is 11.8 Å². The molecule has 1 heterocycles. The number of carbonyl (C=O) groups excluding carboxylic acids is 1. The minimum atomic E-state index is -0.469. The minimum Gasteiger partial charge on any atom is -0.348 e. The van der Waals surface area contributed by atoms with Gasteiger partial charge in [0.1, 0.15) is 5.78 Å². The Balaban J connectivity index is 1.73. The highest BCUT2D eigenvalue weighted by Crippen LogP contribution is 2.47. The van der Waals surface area contributed by atoms with Crippen LogP contribution in [0.2, 0.25) is 0 Å². The van der Waals surface area contributed by atoms with E-state index in [1.54, 1.807) is 0 Å². The molecule has 0 aromatic carbocycles. The van der Waals surface area contributed by atoms with E-state index < -0.39 is 5.79 Å². The van der Waals surface area contributed by atoms with E-state index in [4.69, 9.17) is 9.47 Å². The molecular weight excluding hydrogens is 216 g/mol. The summed E-state index contributed by atoms with van der Waals surface area (Å²) in [5, 5.41) is 0. The minimum absolute atomic E-state index is 0.123. The molecule has 3 heteroatoms. The van der Waals surface area contributed by atoms with Crippen molar-refractivity contribution in [2.24, 2.45) is 11.8 Å². The van der Waals surface area contributed by atoms with Crippen LogP contribution in [0.4, 0.5) is 0 Å². The highest BCUT2D eigenvalue weighted by atomic mass is 16.7. The second kappa shape index (κ2) is 4.91. The van der Waals surface area contributed by atoms with Crippen LogP contribution in [0.5, 0.6) is 0 Å². The summed E-state index contributed by atoms with van der Waals surface area (Å²) in [6.07, 6.45) is 5.52. The Hall–Kier alpha value is -0.670. The van der Waals surface area contributed by atoms with Gasteiger partial charge in [-0.1, -0.05) is 6.08 Å². The second-order valence-electron chi connectivity index (χ2n) is 5.52. The highest BCUT2D eigenvalue weighted by molar-refractivity contribution is 5.83. The lowest BCUT2D eigenvalue weighted by molar-refractivity contribution is -0.142. The number of rotatable bonds is 6. The quantitative estimate of drug-likeness (QED) is 0.527. The van der Waals surface area contributed by atoms with Gasteiger partial charge in [0.25, 0.3) is 0 Å². The second-order valence-corrected chi connectivity index (χ2v) is 5.52. The lowest BCUT2D eigenvalue weighted by Crippen LogP contribution is -2.23. The van der Waals surface area contributed by atoms with Crippen LogP contribution in [-0.2, 0) is 14.3 Å². The fraction of sp³-hybridized carbons (Fsp3) is 0.786. The van der Waals surface area contributed by atoms with Gasteiger partial charge in [-0.25, -0.2) is 0 Å². The number of ether oxygens (including phenoxy) is 2. The van der Waals surface area contributed by atoms with Crippen molar-refractivity contribution in [2.75, 3.05) is 6.61 Å². The number of allylic oxidation sites excluding steroid dienone is 1. The smallest absolute Gasteiger partial charge is 0.163 e. The molecule has 0 N–H and O–H groups in total. The van der Waals surface area contributed by atoms with Gasteiger partial charge in [-0.15, -0.1) is 6.58 Å². The number of unbranched alkanes of at least 4 members (excludes halogenated alkanes) is 1. The molecule has 17 heavy (non-hydrogen) atoms. The molecule has 1 saturated carbocycles. The zero-order chi connectivity index (χ0) is 12.5. The monoisotopic (exact) mass is 238 g/mol. The summed E-state index contributed by atoms with van der Waals surface area (Å²) in [6, 6.07) is 0. The standard InChI is InChI=1S/C14H22O3/c1-4-5-6-7-12(15)10-8-11(10)13-9-16-14(2,3)17-13/h4,10-11,13H,1,5-9H2,2-3H3/t10-,11-,13-/m0/s1. The fourth-order valence-electron chi connectivity index (χ4n) is 2.53. The first kappa shape index (κ1) is 12.8. The van der Waals surface area contributed by atoms with Crippen LogP contribution in [0.15, 0.2) is 12.7 Å². The summed E-state index contributed by atoms with van der Waals surface area (Å²) in [5.41, 5.74) is 0. The molecule has 0 bridgehead atoms. The van der Waals surface area contributed by atoms with Crippen LogP contribution in [0.3, 0.4) is 0 Å². The maximum absolute atomic E-state index is 11.9. The molecule has 2 fully saturated rings. The van der Waals surface area contributed by atoms with E-state index in [1.807, 2.05) is 19.9 Å². The van der Waals surface area contributed by atoms with E-state index in [0.29, 0.717) is 24.7 Å². The van der Waals surface area contributed by atoms with Gasteiger partial charge >= 0.3 is 0 Å². The van der Waals surface area contributed by atoms with Gasteiger partial charge in [-0.05, 0) is 39.0 Å². The zero-order valence-electron chi connectivity index (χ0n) is 10.8. The van der Waals surface area contributed by atoms with E-state index in [-0.39, 0.29) is 12.0 Å². The van der Waals surface area contributed by atoms with Crippen LogP contribution in [0.25, 0.3) is 0 Å². The average Bonchev–Trinajstić information content (AvgIpc) is 2.98. The molecule has 0 unspecified atom stereocenters. The third kappa shape index (κ3) is 3.17. The third-order valence-electron chi connectivity index (χ3n) is 3.59. The summed E-state index contributed by atoms with van der Waals surface area (Å²) < 4.78 is 11.3. The first-order valence-electron chi connectivity index (χ1n) is 6.49. The summed E-state index contributed by atoms with van der Waals surface area (Å²) >= 11 is 0. The average molecular weight is 238 g/mol. The summed E-state index contributed by atoms with van der Waals surface area (Å²) in [7, 11) is 0. The van der Waals surface area contributed by atoms with Crippen LogP contribution < -0.4 is 0 Å². The Morgan fingerprint density at radius 3 is 2.88 bits per heavy atom. The molecular formula is C14H22O3. The Morgan fingerprint density at radius 2 is 2.29 bits per heavy atom. The molecule has 1 aliphatic carbocycles. The molecule has 0 radical (unpaired) electrons. The van der Waals surface area contributed by atoms with Crippen molar-refractivity contribution in [3.05, 3.63) is 12.7 Å². The molecule has 2 rings (SSSR count). The molecule has 0 aromatic rings. The van der Waals surface area contributed by atoms with Gasteiger partial charge in [0.2, 0.25) is 0 Å². The lowest BCUT2D eigenvalue weighted by atomic mass is 10.1. The summed E-state index contributed by atoms with van der Waals surface area (Å²) in [6.45, 7) is 8.15. The number of hydrogen-bond donors (Lipinski definition) is 0. The largest absolute Gasteiger partial charge is 0.348 e. The summed E-state index contributed by atoms with van der Waals surface area (Å²) in [4.78, 5) is 11.9. The molecule has 96 valence electrons. The molecule has 1 saturated heterocycles. The molecule has 0 amide bonds. The van der Waals surface area contributed by atoms with Crippen molar-refractivity contribution in [3.8, 4) is 0 Å². The van der Waals surface area contributed by atoms with Gasteiger partial charge in [-0.3, -0.25) is 4.79 Å². The Bertz CT molecular complexity index is 309. The van der Waals surface area contributed by atoms with Gasteiger partial charge in [0, 0.05) is 12.3 Å². The van der Waals surface area contributed by atoms with Crippen molar-refractivity contribution in [2.45, 2.75) is 51.4 Å². The number of ketones is 1. The Kier molecular flexibility index (Phi) is 3.69. The fourth-order valence-corrected chi connectivity index (χ4v) is 2.53. The molecule has 2 aliphatic rings. The van der Waals surface area contributed by atoms with Crippen molar-refractivity contribution < 1.29 is 14.3 Å². The van der Waals surface area contributed by atoms with Crippen molar-refractivity contribution in [1.82, 2.24) is 0 Å². The first-order chi connectivity index (χ1) is 8.03. The zero-order valence-corrected chi connectivity index (χ0v) is 10.8. The molecule has 3 atom stereocenters. The van der Waals surface area contributed by atoms with E-state index in [1.165, 1.54) is 0 Å². The maximum Gasteiger partial charge on any atom is 0.163 e. The van der Waals surface area contributed by atoms with Crippen LogP contribution >= 0.6 is 0 Å².